The highest BCUT2D eigenvalue weighted by Crippen LogP contribution is 2.37. The number of aromatic carboxylic acids is 1. The predicted octanol–water partition coefficient (Wildman–Crippen LogP) is 4.23. The Labute approximate surface area is 122 Å². The lowest BCUT2D eigenvalue weighted by Crippen LogP contribution is -2.01. The monoisotopic (exact) mass is 289 g/mol. The van der Waals surface area contributed by atoms with Crippen LogP contribution in [-0.2, 0) is 6.54 Å². The first-order valence-electron chi connectivity index (χ1n) is 6.76. The molecule has 1 aliphatic carbocycles. The van der Waals surface area contributed by atoms with Crippen molar-refractivity contribution in [2.75, 3.05) is 0 Å². The Morgan fingerprint density at radius 1 is 1.40 bits per heavy atom. The second-order valence-electron chi connectivity index (χ2n) is 5.40. The molecule has 1 heterocycles. The molecule has 1 N–H and O–H groups in total. The Morgan fingerprint density at radius 2 is 2.10 bits per heavy atom. The molecule has 1 aliphatic rings. The molecule has 3 nitrogen and oxygen atoms in total. The van der Waals surface area contributed by atoms with Gasteiger partial charge in [-0.2, -0.15) is 0 Å². The fourth-order valence-corrected chi connectivity index (χ4v) is 2.83. The third-order valence-corrected chi connectivity index (χ3v) is 4.17. The van der Waals surface area contributed by atoms with Crippen molar-refractivity contribution < 1.29 is 9.90 Å². The van der Waals surface area contributed by atoms with Crippen LogP contribution in [0.1, 0.15) is 28.8 Å². The molecule has 0 radical (unpaired) electrons. The standard InChI is InChI=1S/C16H16ClNO2/c1-10-13(16(19)20)9-18(8-11-6-7-11)15(10)12-4-2-3-5-14(12)17/h2-5,9,11H,6-8H2,1H3,(H,19,20). The second-order valence-corrected chi connectivity index (χ2v) is 5.80. The van der Waals surface area contributed by atoms with Crippen LogP contribution in [0.2, 0.25) is 5.02 Å². The van der Waals surface area contributed by atoms with Crippen molar-refractivity contribution in [1.82, 2.24) is 4.57 Å². The van der Waals surface area contributed by atoms with E-state index in [9.17, 15) is 9.90 Å². The van der Waals surface area contributed by atoms with E-state index in [0.717, 1.165) is 23.4 Å². The van der Waals surface area contributed by atoms with Gasteiger partial charge >= 0.3 is 5.97 Å². The van der Waals surface area contributed by atoms with Crippen molar-refractivity contribution >= 4 is 17.6 Å². The van der Waals surface area contributed by atoms with Crippen LogP contribution in [-0.4, -0.2) is 15.6 Å². The zero-order valence-corrected chi connectivity index (χ0v) is 12.0. The Balaban J connectivity index is 2.16. The van der Waals surface area contributed by atoms with Crippen LogP contribution in [0.15, 0.2) is 30.5 Å². The van der Waals surface area contributed by atoms with E-state index < -0.39 is 5.97 Å². The van der Waals surface area contributed by atoms with Gasteiger partial charge in [-0.25, -0.2) is 4.79 Å². The lowest BCUT2D eigenvalue weighted by molar-refractivity contribution is 0.0696. The summed E-state index contributed by atoms with van der Waals surface area (Å²) in [5, 5.41) is 9.98. The van der Waals surface area contributed by atoms with Crippen LogP contribution in [0.4, 0.5) is 0 Å². The first kappa shape index (κ1) is 13.3. The molecule has 20 heavy (non-hydrogen) atoms. The van der Waals surface area contributed by atoms with Crippen LogP contribution in [0.5, 0.6) is 0 Å². The zero-order chi connectivity index (χ0) is 14.3. The molecule has 0 saturated heterocycles. The molecular formula is C16H16ClNO2. The van der Waals surface area contributed by atoms with Gasteiger partial charge < -0.3 is 9.67 Å². The highest BCUT2D eigenvalue weighted by molar-refractivity contribution is 6.33. The van der Waals surface area contributed by atoms with Crippen molar-refractivity contribution in [3.63, 3.8) is 0 Å². The minimum atomic E-state index is -0.884. The SMILES string of the molecule is Cc1c(C(=O)O)cn(CC2CC2)c1-c1ccccc1Cl. The van der Waals surface area contributed by atoms with E-state index in [2.05, 4.69) is 4.57 Å². The minimum absolute atomic E-state index is 0.362. The van der Waals surface area contributed by atoms with E-state index in [0.29, 0.717) is 16.5 Å². The summed E-state index contributed by atoms with van der Waals surface area (Å²) in [6.45, 7) is 2.72. The topological polar surface area (TPSA) is 42.2 Å². The van der Waals surface area contributed by atoms with E-state index in [4.69, 9.17) is 11.6 Å². The molecule has 1 aromatic carbocycles. The molecule has 1 saturated carbocycles. The maximum absolute atomic E-state index is 11.4. The van der Waals surface area contributed by atoms with Gasteiger partial charge in [-0.05, 0) is 37.3 Å². The Bertz CT molecular complexity index is 671. The maximum Gasteiger partial charge on any atom is 0.337 e. The molecule has 3 rings (SSSR count). The molecule has 1 fully saturated rings. The van der Waals surface area contributed by atoms with Gasteiger partial charge in [0, 0.05) is 23.3 Å². The second kappa shape index (κ2) is 4.98. The lowest BCUT2D eigenvalue weighted by atomic mass is 10.1. The number of halogens is 1. The van der Waals surface area contributed by atoms with E-state index in [1.165, 1.54) is 12.8 Å². The molecule has 104 valence electrons. The summed E-state index contributed by atoms with van der Waals surface area (Å²) in [5.41, 5.74) is 2.98. The fourth-order valence-electron chi connectivity index (χ4n) is 2.61. The average molecular weight is 290 g/mol. The van der Waals surface area contributed by atoms with Crippen molar-refractivity contribution in [3.8, 4) is 11.3 Å². The third-order valence-electron chi connectivity index (χ3n) is 3.84. The molecule has 0 atom stereocenters. The fraction of sp³-hybridized carbons (Fsp3) is 0.312. The Morgan fingerprint density at radius 3 is 2.70 bits per heavy atom. The molecule has 0 bridgehead atoms. The zero-order valence-electron chi connectivity index (χ0n) is 11.3. The summed E-state index contributed by atoms with van der Waals surface area (Å²) in [4.78, 5) is 11.4. The quantitative estimate of drug-likeness (QED) is 0.915. The van der Waals surface area contributed by atoms with Crippen molar-refractivity contribution in [1.29, 1.82) is 0 Å². The number of carboxylic acids is 1. The summed E-state index contributed by atoms with van der Waals surface area (Å²) < 4.78 is 2.05. The molecule has 1 aromatic heterocycles. The molecule has 4 heteroatoms. The lowest BCUT2D eigenvalue weighted by Gasteiger charge is -2.11. The van der Waals surface area contributed by atoms with Gasteiger partial charge in [-0.1, -0.05) is 29.8 Å². The number of hydrogen-bond donors (Lipinski definition) is 1. The number of benzene rings is 1. The summed E-state index contributed by atoms with van der Waals surface area (Å²) in [6.07, 6.45) is 4.19. The average Bonchev–Trinajstić information content (AvgIpc) is 3.15. The van der Waals surface area contributed by atoms with Gasteiger partial charge in [0.05, 0.1) is 11.3 Å². The summed E-state index contributed by atoms with van der Waals surface area (Å²) in [7, 11) is 0. The maximum atomic E-state index is 11.4. The summed E-state index contributed by atoms with van der Waals surface area (Å²) in [6, 6.07) is 7.59. The molecule has 0 aliphatic heterocycles. The van der Waals surface area contributed by atoms with Crippen LogP contribution < -0.4 is 0 Å². The highest BCUT2D eigenvalue weighted by Gasteiger charge is 2.26. The first-order chi connectivity index (χ1) is 9.58. The normalized spacial score (nSPS) is 14.5. The Kier molecular flexibility index (Phi) is 3.30. The van der Waals surface area contributed by atoms with Gasteiger partial charge in [0.25, 0.3) is 0 Å². The van der Waals surface area contributed by atoms with Gasteiger partial charge in [-0.15, -0.1) is 0 Å². The molecular weight excluding hydrogens is 274 g/mol. The van der Waals surface area contributed by atoms with E-state index in [-0.39, 0.29) is 0 Å². The van der Waals surface area contributed by atoms with E-state index >= 15 is 0 Å². The Hall–Kier alpha value is -1.74. The highest BCUT2D eigenvalue weighted by atomic mass is 35.5. The smallest absolute Gasteiger partial charge is 0.337 e. The number of nitrogens with zero attached hydrogens (tertiary/aromatic N) is 1. The van der Waals surface area contributed by atoms with Crippen LogP contribution in [0.3, 0.4) is 0 Å². The van der Waals surface area contributed by atoms with Crippen molar-refractivity contribution in [2.24, 2.45) is 5.92 Å². The van der Waals surface area contributed by atoms with E-state index in [1.807, 2.05) is 31.2 Å². The third kappa shape index (κ3) is 2.34. The summed E-state index contributed by atoms with van der Waals surface area (Å²) in [5.74, 6) is -0.213. The van der Waals surface area contributed by atoms with Crippen molar-refractivity contribution in [2.45, 2.75) is 26.3 Å². The molecule has 0 unspecified atom stereocenters. The van der Waals surface area contributed by atoms with Crippen LogP contribution in [0.25, 0.3) is 11.3 Å². The largest absolute Gasteiger partial charge is 0.478 e. The van der Waals surface area contributed by atoms with E-state index in [1.54, 1.807) is 6.20 Å². The van der Waals surface area contributed by atoms with Crippen LogP contribution in [0, 0.1) is 12.8 Å². The number of rotatable bonds is 4. The van der Waals surface area contributed by atoms with Gasteiger partial charge in [0.1, 0.15) is 0 Å². The number of hydrogen-bond acceptors (Lipinski definition) is 1. The number of carbonyl (C=O) groups is 1. The van der Waals surface area contributed by atoms with Crippen molar-refractivity contribution in [3.05, 3.63) is 46.6 Å². The number of aromatic nitrogens is 1. The molecule has 0 spiro atoms. The van der Waals surface area contributed by atoms with Gasteiger partial charge in [-0.3, -0.25) is 0 Å². The van der Waals surface area contributed by atoms with Gasteiger partial charge in [0.2, 0.25) is 0 Å². The van der Waals surface area contributed by atoms with Crippen LogP contribution >= 0.6 is 11.6 Å². The summed E-state index contributed by atoms with van der Waals surface area (Å²) >= 11 is 6.28. The predicted molar refractivity (Wildman–Crippen MR) is 79.3 cm³/mol. The first-order valence-corrected chi connectivity index (χ1v) is 7.13. The minimum Gasteiger partial charge on any atom is -0.478 e. The molecule has 2 aromatic rings. The number of carboxylic acid groups (broad SMARTS) is 1. The van der Waals surface area contributed by atoms with Gasteiger partial charge in [0.15, 0.2) is 0 Å². The molecule has 0 amide bonds.